The van der Waals surface area contributed by atoms with Crippen molar-refractivity contribution in [1.82, 2.24) is 0 Å². The van der Waals surface area contributed by atoms with Gasteiger partial charge in [0.1, 0.15) is 4.90 Å². The van der Waals surface area contributed by atoms with Gasteiger partial charge in [-0.25, -0.2) is 5.26 Å². The molecule has 2 N–H and O–H groups in total. The summed E-state index contributed by atoms with van der Waals surface area (Å²) in [5, 5.41) is 31.2. The zero-order valence-corrected chi connectivity index (χ0v) is 20.1. The molecule has 0 unspecified atom stereocenters. The number of non-ortho nitro benzene ring substituents is 1. The molecule has 3 aromatic carbocycles. The summed E-state index contributed by atoms with van der Waals surface area (Å²) < 4.78 is 38.2. The molecule has 0 saturated heterocycles. The Kier molecular flexibility index (Phi) is 8.76. The van der Waals surface area contributed by atoms with Crippen LogP contribution in [0.1, 0.15) is 16.7 Å². The van der Waals surface area contributed by atoms with Crippen LogP contribution < -0.4 is 0 Å². The lowest BCUT2D eigenvalue weighted by molar-refractivity contribution is -0.432. The van der Waals surface area contributed by atoms with Crippen LogP contribution in [0.15, 0.2) is 79.6 Å². The third kappa shape index (κ3) is 6.88. The minimum atomic E-state index is -4.65. The van der Waals surface area contributed by atoms with Crippen LogP contribution in [0.3, 0.4) is 0 Å². The maximum absolute atomic E-state index is 12.0. The minimum Gasteiger partial charge on any atom is -0.282 e. The fourth-order valence-corrected chi connectivity index (χ4v) is 4.19. The number of nitro benzene ring substituents is 1. The SMILES string of the molecule is C=Nc1ccc(N=Nc2ccc(/C=C\c3ccc([N+](=O)[O-])cc3SOOO)c(S(=O)(=O)O)c2)c(C)c1. The van der Waals surface area contributed by atoms with Crippen molar-refractivity contribution in [3.8, 4) is 0 Å². The number of rotatable bonds is 10. The Morgan fingerprint density at radius 2 is 1.72 bits per heavy atom. The normalized spacial score (nSPS) is 11.9. The summed E-state index contributed by atoms with van der Waals surface area (Å²) in [5.41, 5.74) is 2.41. The van der Waals surface area contributed by atoms with Crippen LogP contribution in [0, 0.1) is 17.0 Å². The molecule has 0 aliphatic rings. The van der Waals surface area contributed by atoms with Crippen molar-refractivity contribution in [2.45, 2.75) is 16.7 Å². The molecule has 0 atom stereocenters. The predicted octanol–water partition coefficient (Wildman–Crippen LogP) is 6.50. The first-order chi connectivity index (χ1) is 17.1. The van der Waals surface area contributed by atoms with Crippen LogP contribution in [-0.4, -0.2) is 29.9 Å². The number of benzene rings is 3. The maximum Gasteiger partial charge on any atom is 0.295 e. The summed E-state index contributed by atoms with van der Waals surface area (Å²) in [7, 11) is -4.65. The Balaban J connectivity index is 1.96. The van der Waals surface area contributed by atoms with Crippen molar-refractivity contribution in [2.24, 2.45) is 15.2 Å². The Morgan fingerprint density at radius 1 is 1.03 bits per heavy atom. The molecule has 0 aromatic heterocycles. The summed E-state index contributed by atoms with van der Waals surface area (Å²) in [6.07, 6.45) is 2.82. The van der Waals surface area contributed by atoms with Crippen LogP contribution in [0.25, 0.3) is 12.2 Å². The molecule has 0 aliphatic heterocycles. The molecule has 0 amide bonds. The predicted molar refractivity (Wildman–Crippen MR) is 134 cm³/mol. The van der Waals surface area contributed by atoms with Crippen LogP contribution in [0.5, 0.6) is 0 Å². The monoisotopic (exact) mass is 530 g/mol. The van der Waals surface area contributed by atoms with Gasteiger partial charge in [0.05, 0.1) is 38.9 Å². The van der Waals surface area contributed by atoms with Crippen molar-refractivity contribution in [3.05, 3.63) is 81.4 Å². The molecule has 0 fully saturated rings. The Labute approximate surface area is 209 Å². The lowest BCUT2D eigenvalue weighted by Gasteiger charge is -2.06. The molecular formula is C22H18N4O8S2. The molecule has 0 saturated carbocycles. The molecule has 0 aliphatic carbocycles. The molecule has 0 radical (unpaired) electrons. The van der Waals surface area contributed by atoms with Crippen molar-refractivity contribution in [3.63, 3.8) is 0 Å². The quantitative estimate of drug-likeness (QED) is 0.0433. The fraction of sp³-hybridized carbons (Fsp3) is 0.0455. The maximum atomic E-state index is 12.0. The van der Waals surface area contributed by atoms with Crippen molar-refractivity contribution in [1.29, 1.82) is 0 Å². The minimum absolute atomic E-state index is 0.114. The van der Waals surface area contributed by atoms with E-state index in [2.05, 4.69) is 31.3 Å². The van der Waals surface area contributed by atoms with Crippen molar-refractivity contribution < 1.29 is 32.5 Å². The van der Waals surface area contributed by atoms with E-state index in [0.29, 0.717) is 29.0 Å². The third-order valence-corrected chi connectivity index (χ3v) is 6.29. The third-order valence-electron chi connectivity index (χ3n) is 4.72. The van der Waals surface area contributed by atoms with Gasteiger partial charge >= 0.3 is 0 Å². The first-order valence-corrected chi connectivity index (χ1v) is 12.0. The Hall–Kier alpha value is -3.79. The zero-order chi connectivity index (χ0) is 26.3. The average Bonchev–Trinajstić information content (AvgIpc) is 2.85. The number of aliphatic imine (C=N–C) groups is 1. The average molecular weight is 531 g/mol. The second-order valence-corrected chi connectivity index (χ2v) is 9.20. The largest absolute Gasteiger partial charge is 0.295 e. The van der Waals surface area contributed by atoms with Crippen molar-refractivity contribution >= 4 is 63.8 Å². The van der Waals surface area contributed by atoms with E-state index in [1.165, 1.54) is 42.5 Å². The highest BCUT2D eigenvalue weighted by atomic mass is 32.2. The van der Waals surface area contributed by atoms with E-state index in [1.807, 2.05) is 6.92 Å². The second-order valence-electron chi connectivity index (χ2n) is 7.06. The zero-order valence-electron chi connectivity index (χ0n) is 18.5. The summed E-state index contributed by atoms with van der Waals surface area (Å²) in [6, 6.07) is 13.0. The van der Waals surface area contributed by atoms with Gasteiger partial charge in [-0.05, 0) is 66.7 Å². The summed E-state index contributed by atoms with van der Waals surface area (Å²) in [5.74, 6) is 0. The Bertz CT molecular complexity index is 1470. The van der Waals surface area contributed by atoms with Gasteiger partial charge in [0.25, 0.3) is 15.8 Å². The number of hydrogen-bond acceptors (Lipinski definition) is 11. The van der Waals surface area contributed by atoms with E-state index >= 15 is 0 Å². The van der Waals surface area contributed by atoms with Gasteiger partial charge in [0.2, 0.25) is 0 Å². The number of azo groups is 1. The molecule has 0 spiro atoms. The number of hydrogen-bond donors (Lipinski definition) is 2. The van der Waals surface area contributed by atoms with Crippen LogP contribution in [-0.2, 0) is 19.5 Å². The van der Waals surface area contributed by atoms with Gasteiger partial charge < -0.3 is 0 Å². The van der Waals surface area contributed by atoms with Gasteiger partial charge in [-0.2, -0.15) is 18.6 Å². The van der Waals surface area contributed by atoms with E-state index in [9.17, 15) is 23.1 Å². The van der Waals surface area contributed by atoms with Gasteiger partial charge in [-0.1, -0.05) is 23.3 Å². The first kappa shape index (κ1) is 26.8. The van der Waals surface area contributed by atoms with Crippen molar-refractivity contribution in [2.75, 3.05) is 0 Å². The summed E-state index contributed by atoms with van der Waals surface area (Å²) in [6.45, 7) is 5.27. The highest BCUT2D eigenvalue weighted by Gasteiger charge is 2.16. The Morgan fingerprint density at radius 3 is 2.36 bits per heavy atom. The number of aryl methyl sites for hydroxylation is 1. The van der Waals surface area contributed by atoms with Gasteiger partial charge in [0.15, 0.2) is 0 Å². The van der Waals surface area contributed by atoms with Crippen LogP contribution in [0.2, 0.25) is 0 Å². The molecule has 0 heterocycles. The summed E-state index contributed by atoms with van der Waals surface area (Å²) >= 11 is 0.502. The van der Waals surface area contributed by atoms with Crippen LogP contribution in [0.4, 0.5) is 22.7 Å². The van der Waals surface area contributed by atoms with E-state index in [1.54, 1.807) is 18.2 Å². The van der Waals surface area contributed by atoms with Gasteiger partial charge in [-0.15, -0.1) is 4.33 Å². The molecule has 36 heavy (non-hydrogen) atoms. The highest BCUT2D eigenvalue weighted by Crippen LogP contribution is 2.31. The molecular weight excluding hydrogens is 512 g/mol. The van der Waals surface area contributed by atoms with Gasteiger partial charge in [0, 0.05) is 12.1 Å². The summed E-state index contributed by atoms with van der Waals surface area (Å²) in [4.78, 5) is 14.0. The molecule has 14 heteroatoms. The second kappa shape index (κ2) is 11.8. The smallest absolute Gasteiger partial charge is 0.282 e. The fourth-order valence-electron chi connectivity index (χ4n) is 2.99. The molecule has 12 nitrogen and oxygen atoms in total. The molecule has 3 rings (SSSR count). The van der Waals surface area contributed by atoms with E-state index in [0.717, 1.165) is 11.6 Å². The van der Waals surface area contributed by atoms with E-state index in [-0.39, 0.29) is 21.8 Å². The van der Waals surface area contributed by atoms with E-state index in [4.69, 9.17) is 5.26 Å². The van der Waals surface area contributed by atoms with Crippen LogP contribution >= 0.6 is 12.0 Å². The standard InChI is InChI=1S/C22H18N4O8S2/c1-14-11-17(23-2)8-10-20(14)25-24-18-7-5-16(22(12-18)36(30,31)32)4-3-15-6-9-19(26(27)28)13-21(15)35-34-33-29/h3-13,29H,2H2,1H3,(H,30,31,32)/b4-3-,25-24?. The number of nitrogens with zero attached hydrogens (tertiary/aromatic N) is 4. The highest BCUT2D eigenvalue weighted by molar-refractivity contribution is 7.94. The molecule has 3 aromatic rings. The topological polar surface area (TPSA) is 173 Å². The number of nitro groups is 1. The first-order valence-electron chi connectivity index (χ1n) is 9.84. The lowest BCUT2D eigenvalue weighted by Crippen LogP contribution is -2.00. The van der Waals surface area contributed by atoms with E-state index < -0.39 is 19.9 Å². The molecule has 0 bridgehead atoms. The molecule has 186 valence electrons. The van der Waals surface area contributed by atoms with Gasteiger partial charge in [-0.3, -0.25) is 19.7 Å². The lowest BCUT2D eigenvalue weighted by atomic mass is 10.1.